The van der Waals surface area contributed by atoms with E-state index in [-0.39, 0.29) is 18.1 Å². The molecule has 102 valence electrons. The molecule has 1 atom stereocenters. The predicted octanol–water partition coefficient (Wildman–Crippen LogP) is 2.55. The number of aliphatic hydroxyl groups excluding tert-OH is 1. The maximum Gasteiger partial charge on any atom is 0.137 e. The first kappa shape index (κ1) is 15.2. The molecule has 0 amide bonds. The first-order valence-corrected chi connectivity index (χ1v) is 6.44. The van der Waals surface area contributed by atoms with E-state index in [1.54, 1.807) is 0 Å². The summed E-state index contributed by atoms with van der Waals surface area (Å²) in [5, 5.41) is 9.71. The summed E-state index contributed by atoms with van der Waals surface area (Å²) < 4.78 is 0. The molecule has 0 aliphatic heterocycles. The highest BCUT2D eigenvalue weighted by atomic mass is 35.5. The molecule has 1 aromatic rings. The van der Waals surface area contributed by atoms with Crippen LogP contribution < -0.4 is 4.90 Å². The maximum absolute atomic E-state index is 9.24. The van der Waals surface area contributed by atoms with Crippen molar-refractivity contribution in [2.75, 3.05) is 18.6 Å². The van der Waals surface area contributed by atoms with Gasteiger partial charge >= 0.3 is 0 Å². The Balaban J connectivity index is 3.31. The molecule has 1 unspecified atom stereocenters. The number of anilines is 1. The fourth-order valence-corrected chi connectivity index (χ4v) is 1.65. The van der Waals surface area contributed by atoms with Crippen LogP contribution in [0.15, 0.2) is 0 Å². The summed E-state index contributed by atoms with van der Waals surface area (Å²) in [5.74, 6) is 1.49. The van der Waals surface area contributed by atoms with Crippen LogP contribution in [0.2, 0.25) is 5.15 Å². The average molecular weight is 272 g/mol. The summed E-state index contributed by atoms with van der Waals surface area (Å²) in [7, 11) is 1.90. The molecule has 0 spiro atoms. The molecular formula is C13H22ClN3O. The van der Waals surface area contributed by atoms with Gasteiger partial charge in [0.1, 0.15) is 16.8 Å². The van der Waals surface area contributed by atoms with Gasteiger partial charge in [-0.15, -0.1) is 0 Å². The average Bonchev–Trinajstić information content (AvgIpc) is 2.29. The predicted molar refractivity (Wildman–Crippen MR) is 75.4 cm³/mol. The minimum Gasteiger partial charge on any atom is -0.394 e. The number of hydrogen-bond donors (Lipinski definition) is 1. The van der Waals surface area contributed by atoms with Crippen molar-refractivity contribution in [3.05, 3.63) is 16.5 Å². The lowest BCUT2D eigenvalue weighted by Crippen LogP contribution is -2.34. The summed E-state index contributed by atoms with van der Waals surface area (Å²) >= 11 is 6.18. The Bertz CT molecular complexity index is 429. The summed E-state index contributed by atoms with van der Waals surface area (Å²) in [4.78, 5) is 10.9. The molecule has 0 aliphatic rings. The van der Waals surface area contributed by atoms with Crippen molar-refractivity contribution in [3.63, 3.8) is 0 Å². The number of aliphatic hydroxyl groups is 1. The fraction of sp³-hybridized carbons (Fsp3) is 0.692. The standard InChI is InChI=1S/C13H22ClN3O/c1-8(7-18)17(6)11-9(2)10(14)15-12(16-11)13(3,4)5/h8,18H,7H2,1-6H3. The Morgan fingerprint density at radius 2 is 1.89 bits per heavy atom. The number of halogens is 1. The number of aromatic nitrogens is 2. The van der Waals surface area contributed by atoms with Gasteiger partial charge in [0.15, 0.2) is 0 Å². The Kier molecular flexibility index (Phi) is 4.56. The number of nitrogens with zero attached hydrogens (tertiary/aromatic N) is 3. The second kappa shape index (κ2) is 5.41. The van der Waals surface area contributed by atoms with E-state index in [0.717, 1.165) is 11.4 Å². The quantitative estimate of drug-likeness (QED) is 0.859. The van der Waals surface area contributed by atoms with Gasteiger partial charge in [-0.2, -0.15) is 0 Å². The third kappa shape index (κ3) is 3.12. The summed E-state index contributed by atoms with van der Waals surface area (Å²) in [6.07, 6.45) is 0. The van der Waals surface area contributed by atoms with Crippen LogP contribution >= 0.6 is 11.6 Å². The van der Waals surface area contributed by atoms with Crippen molar-refractivity contribution in [2.45, 2.75) is 46.1 Å². The van der Waals surface area contributed by atoms with Crippen molar-refractivity contribution < 1.29 is 5.11 Å². The molecule has 1 aromatic heterocycles. The zero-order valence-corrected chi connectivity index (χ0v) is 12.7. The molecule has 1 N–H and O–H groups in total. The highest BCUT2D eigenvalue weighted by Gasteiger charge is 2.23. The van der Waals surface area contributed by atoms with Gasteiger partial charge in [0.25, 0.3) is 0 Å². The van der Waals surface area contributed by atoms with Crippen LogP contribution in [0.25, 0.3) is 0 Å². The van der Waals surface area contributed by atoms with Crippen molar-refractivity contribution in [1.29, 1.82) is 0 Å². The van der Waals surface area contributed by atoms with E-state index in [9.17, 15) is 5.11 Å². The third-order valence-electron chi connectivity index (χ3n) is 2.99. The highest BCUT2D eigenvalue weighted by molar-refractivity contribution is 6.30. The van der Waals surface area contributed by atoms with Gasteiger partial charge in [0, 0.05) is 18.0 Å². The normalized spacial score (nSPS) is 13.6. The number of hydrogen-bond acceptors (Lipinski definition) is 4. The van der Waals surface area contributed by atoms with Gasteiger partial charge in [-0.1, -0.05) is 32.4 Å². The van der Waals surface area contributed by atoms with Gasteiger partial charge in [0.2, 0.25) is 0 Å². The van der Waals surface area contributed by atoms with Gasteiger partial charge in [0.05, 0.1) is 12.6 Å². The molecule has 0 saturated heterocycles. The van der Waals surface area contributed by atoms with E-state index in [1.807, 2.05) is 46.6 Å². The van der Waals surface area contributed by atoms with E-state index in [0.29, 0.717) is 11.0 Å². The van der Waals surface area contributed by atoms with Crippen molar-refractivity contribution in [1.82, 2.24) is 9.97 Å². The van der Waals surface area contributed by atoms with Crippen molar-refractivity contribution >= 4 is 17.4 Å². The second-order valence-electron chi connectivity index (χ2n) is 5.68. The lowest BCUT2D eigenvalue weighted by atomic mass is 9.95. The van der Waals surface area contributed by atoms with Crippen LogP contribution in [-0.4, -0.2) is 34.8 Å². The van der Waals surface area contributed by atoms with E-state index >= 15 is 0 Å². The summed E-state index contributed by atoms with van der Waals surface area (Å²) in [6, 6.07) is -0.0116. The summed E-state index contributed by atoms with van der Waals surface area (Å²) in [6.45, 7) is 10.0. The zero-order chi connectivity index (χ0) is 14.1. The smallest absolute Gasteiger partial charge is 0.137 e. The van der Waals surface area contributed by atoms with E-state index < -0.39 is 0 Å². The van der Waals surface area contributed by atoms with Crippen LogP contribution in [-0.2, 0) is 5.41 Å². The molecule has 1 rings (SSSR count). The highest BCUT2D eigenvalue weighted by Crippen LogP contribution is 2.28. The van der Waals surface area contributed by atoms with Gasteiger partial charge < -0.3 is 10.0 Å². The monoisotopic (exact) mass is 271 g/mol. The summed E-state index contributed by atoms with van der Waals surface area (Å²) in [5.41, 5.74) is 0.683. The van der Waals surface area contributed by atoms with Crippen LogP contribution in [0.5, 0.6) is 0 Å². The molecule has 0 fully saturated rings. The first-order valence-electron chi connectivity index (χ1n) is 6.06. The zero-order valence-electron chi connectivity index (χ0n) is 12.0. The van der Waals surface area contributed by atoms with E-state index in [2.05, 4.69) is 9.97 Å². The molecule has 5 heteroatoms. The lowest BCUT2D eigenvalue weighted by Gasteiger charge is -2.28. The molecule has 0 aromatic carbocycles. The Morgan fingerprint density at radius 3 is 2.33 bits per heavy atom. The molecule has 0 aliphatic carbocycles. The minimum atomic E-state index is -0.157. The largest absolute Gasteiger partial charge is 0.394 e. The Morgan fingerprint density at radius 1 is 1.33 bits per heavy atom. The van der Waals surface area contributed by atoms with Gasteiger partial charge in [-0.05, 0) is 13.8 Å². The molecule has 0 bridgehead atoms. The second-order valence-corrected chi connectivity index (χ2v) is 6.04. The van der Waals surface area contributed by atoms with Crippen LogP contribution in [0, 0.1) is 6.92 Å². The van der Waals surface area contributed by atoms with Crippen molar-refractivity contribution in [2.24, 2.45) is 0 Å². The molecular weight excluding hydrogens is 250 g/mol. The molecule has 18 heavy (non-hydrogen) atoms. The number of likely N-dealkylation sites (N-methyl/N-ethyl adjacent to an activating group) is 1. The third-order valence-corrected chi connectivity index (χ3v) is 3.36. The molecule has 4 nitrogen and oxygen atoms in total. The van der Waals surface area contributed by atoms with Crippen LogP contribution in [0.3, 0.4) is 0 Å². The van der Waals surface area contributed by atoms with Gasteiger partial charge in [-0.3, -0.25) is 0 Å². The maximum atomic E-state index is 9.24. The van der Waals surface area contributed by atoms with Crippen LogP contribution in [0.1, 0.15) is 39.1 Å². The molecule has 0 radical (unpaired) electrons. The van der Waals surface area contributed by atoms with E-state index in [1.165, 1.54) is 0 Å². The SMILES string of the molecule is Cc1c(Cl)nc(C(C)(C)C)nc1N(C)C(C)CO. The van der Waals surface area contributed by atoms with Gasteiger partial charge in [-0.25, -0.2) is 9.97 Å². The Hall–Kier alpha value is -0.870. The van der Waals surface area contributed by atoms with Crippen molar-refractivity contribution in [3.8, 4) is 0 Å². The molecule has 1 heterocycles. The first-order chi connectivity index (χ1) is 8.18. The minimum absolute atomic E-state index is 0.0116. The van der Waals surface area contributed by atoms with Crippen LogP contribution in [0.4, 0.5) is 5.82 Å². The topological polar surface area (TPSA) is 49.2 Å². The molecule has 0 saturated carbocycles. The number of rotatable bonds is 3. The fourth-order valence-electron chi connectivity index (χ4n) is 1.49. The Labute approximate surface area is 114 Å². The van der Waals surface area contributed by atoms with E-state index in [4.69, 9.17) is 11.6 Å². The lowest BCUT2D eigenvalue weighted by molar-refractivity contribution is 0.269.